The van der Waals surface area contributed by atoms with Gasteiger partial charge in [-0.3, -0.25) is 4.79 Å². The number of carbonyl (C=O) groups excluding carboxylic acids is 1. The van der Waals surface area contributed by atoms with E-state index in [9.17, 15) is 4.79 Å². The van der Waals surface area contributed by atoms with E-state index in [0.29, 0.717) is 6.42 Å². The summed E-state index contributed by atoms with van der Waals surface area (Å²) in [5, 5.41) is 6.35. The fraction of sp³-hybridized carbons (Fsp3) is 0.941. The minimum Gasteiger partial charge on any atom is -0.356 e. The molecule has 1 heterocycles. The first-order valence-electron chi connectivity index (χ1n) is 8.68. The quantitative estimate of drug-likeness (QED) is 0.400. The maximum Gasteiger partial charge on any atom is 0.219 e. The van der Waals surface area contributed by atoms with E-state index in [0.717, 1.165) is 31.3 Å². The molecule has 0 bridgehead atoms. The van der Waals surface area contributed by atoms with Crippen LogP contribution in [0.1, 0.15) is 78.1 Å². The highest BCUT2D eigenvalue weighted by Crippen LogP contribution is 2.11. The maximum atomic E-state index is 11.6. The van der Waals surface area contributed by atoms with Gasteiger partial charge < -0.3 is 10.6 Å². The Kier molecular flexibility index (Phi) is 9.73. The number of hydrogen-bond acceptors (Lipinski definition) is 2. The summed E-state index contributed by atoms with van der Waals surface area (Å²) in [6.07, 6.45) is 11.9. The molecule has 0 aromatic carbocycles. The summed E-state index contributed by atoms with van der Waals surface area (Å²) in [6.45, 7) is 6.63. The lowest BCUT2D eigenvalue weighted by molar-refractivity contribution is -0.121. The summed E-state index contributed by atoms with van der Waals surface area (Å²) in [5.74, 6) is 1.07. The van der Waals surface area contributed by atoms with Crippen LogP contribution in [0.4, 0.5) is 0 Å². The van der Waals surface area contributed by atoms with Crippen molar-refractivity contribution >= 4 is 5.91 Å². The average Bonchev–Trinajstić information content (AvgIpc) is 3.21. The van der Waals surface area contributed by atoms with Gasteiger partial charge in [-0.15, -0.1) is 0 Å². The van der Waals surface area contributed by atoms with Crippen LogP contribution in [-0.4, -0.2) is 25.0 Å². The van der Waals surface area contributed by atoms with Crippen molar-refractivity contribution in [2.75, 3.05) is 13.1 Å². The molecule has 1 aliphatic heterocycles. The Morgan fingerprint density at radius 1 is 1.10 bits per heavy atom. The van der Waals surface area contributed by atoms with E-state index in [-0.39, 0.29) is 5.91 Å². The van der Waals surface area contributed by atoms with E-state index < -0.39 is 0 Å². The van der Waals surface area contributed by atoms with Gasteiger partial charge in [-0.1, -0.05) is 52.4 Å². The van der Waals surface area contributed by atoms with Crippen LogP contribution in [0.15, 0.2) is 0 Å². The van der Waals surface area contributed by atoms with Gasteiger partial charge in [0.2, 0.25) is 5.91 Å². The monoisotopic (exact) mass is 282 g/mol. The summed E-state index contributed by atoms with van der Waals surface area (Å²) in [5.41, 5.74) is 0. The molecule has 1 aliphatic rings. The number of rotatable bonds is 13. The molecule has 0 radical (unpaired) electrons. The highest BCUT2D eigenvalue weighted by molar-refractivity contribution is 5.75. The Morgan fingerprint density at radius 2 is 1.80 bits per heavy atom. The van der Waals surface area contributed by atoms with E-state index in [1.165, 1.54) is 51.5 Å². The van der Waals surface area contributed by atoms with Crippen LogP contribution >= 0.6 is 0 Å². The van der Waals surface area contributed by atoms with Crippen LogP contribution in [0.5, 0.6) is 0 Å². The second-order valence-electron chi connectivity index (χ2n) is 6.65. The maximum absolute atomic E-state index is 11.6. The topological polar surface area (TPSA) is 51.0 Å². The Bertz CT molecular complexity index is 249. The molecule has 3 nitrogen and oxygen atoms in total. The summed E-state index contributed by atoms with van der Waals surface area (Å²) in [6, 6.07) is 0.791. The summed E-state index contributed by atoms with van der Waals surface area (Å²) in [7, 11) is 0. The molecule has 1 unspecified atom stereocenters. The van der Waals surface area contributed by atoms with Crippen LogP contribution in [0.25, 0.3) is 0 Å². The number of unbranched alkanes of at least 4 members (excludes halogenated alkanes) is 5. The summed E-state index contributed by atoms with van der Waals surface area (Å²) >= 11 is 0. The van der Waals surface area contributed by atoms with E-state index in [2.05, 4.69) is 24.5 Å². The molecule has 1 rings (SSSR count). The molecule has 1 saturated heterocycles. The van der Waals surface area contributed by atoms with Gasteiger partial charge in [0, 0.05) is 25.6 Å². The average molecular weight is 282 g/mol. The second kappa shape index (κ2) is 11.1. The molecule has 2 N–H and O–H groups in total. The van der Waals surface area contributed by atoms with Crippen LogP contribution in [0, 0.1) is 5.92 Å². The van der Waals surface area contributed by atoms with Gasteiger partial charge in [0.15, 0.2) is 0 Å². The Labute approximate surface area is 125 Å². The van der Waals surface area contributed by atoms with Crippen LogP contribution in [0.2, 0.25) is 0 Å². The zero-order valence-electron chi connectivity index (χ0n) is 13.5. The molecule has 0 aliphatic carbocycles. The van der Waals surface area contributed by atoms with Crippen LogP contribution < -0.4 is 10.6 Å². The first-order valence-corrected chi connectivity index (χ1v) is 8.68. The molecular formula is C17H34N2O. The van der Waals surface area contributed by atoms with Gasteiger partial charge in [-0.25, -0.2) is 0 Å². The van der Waals surface area contributed by atoms with Crippen LogP contribution in [0.3, 0.4) is 0 Å². The van der Waals surface area contributed by atoms with Crippen molar-refractivity contribution in [2.24, 2.45) is 5.92 Å². The SMILES string of the molecule is CC(C)CCCCCCNC(=O)CCCCCC1CN1. The van der Waals surface area contributed by atoms with Gasteiger partial charge in [0.1, 0.15) is 0 Å². The fourth-order valence-electron chi connectivity index (χ4n) is 2.49. The Morgan fingerprint density at radius 3 is 2.50 bits per heavy atom. The van der Waals surface area contributed by atoms with E-state index in [1.807, 2.05) is 0 Å². The third-order valence-corrected chi connectivity index (χ3v) is 3.98. The van der Waals surface area contributed by atoms with E-state index >= 15 is 0 Å². The minimum absolute atomic E-state index is 0.247. The van der Waals surface area contributed by atoms with Crippen molar-refractivity contribution in [3.8, 4) is 0 Å². The zero-order valence-corrected chi connectivity index (χ0v) is 13.5. The molecule has 118 valence electrons. The van der Waals surface area contributed by atoms with Gasteiger partial charge >= 0.3 is 0 Å². The fourth-order valence-corrected chi connectivity index (χ4v) is 2.49. The normalized spacial score (nSPS) is 17.4. The highest BCUT2D eigenvalue weighted by atomic mass is 16.1. The number of carbonyl (C=O) groups is 1. The van der Waals surface area contributed by atoms with Gasteiger partial charge in [0.05, 0.1) is 0 Å². The lowest BCUT2D eigenvalue weighted by Crippen LogP contribution is -2.23. The molecule has 0 spiro atoms. The standard InChI is InChI=1S/C17H34N2O/c1-15(2)10-6-3-4-9-13-18-17(20)12-8-5-7-11-16-14-19-16/h15-16,19H,3-14H2,1-2H3,(H,18,20). The molecule has 0 aromatic heterocycles. The summed E-state index contributed by atoms with van der Waals surface area (Å²) in [4.78, 5) is 11.6. The smallest absolute Gasteiger partial charge is 0.219 e. The number of nitrogens with one attached hydrogen (secondary N) is 2. The van der Waals surface area contributed by atoms with Crippen molar-refractivity contribution < 1.29 is 4.79 Å². The molecule has 20 heavy (non-hydrogen) atoms. The van der Waals surface area contributed by atoms with Crippen molar-refractivity contribution in [1.82, 2.24) is 10.6 Å². The first-order chi connectivity index (χ1) is 9.68. The Balaban J connectivity index is 1.75. The zero-order chi connectivity index (χ0) is 14.6. The van der Waals surface area contributed by atoms with Crippen molar-refractivity contribution in [3.05, 3.63) is 0 Å². The lowest BCUT2D eigenvalue weighted by atomic mass is 10.0. The van der Waals surface area contributed by atoms with Crippen LogP contribution in [-0.2, 0) is 4.79 Å². The second-order valence-corrected chi connectivity index (χ2v) is 6.65. The highest BCUT2D eigenvalue weighted by Gasteiger charge is 2.18. The predicted octanol–water partition coefficient (Wildman–Crippen LogP) is 3.63. The van der Waals surface area contributed by atoms with E-state index in [1.54, 1.807) is 0 Å². The van der Waals surface area contributed by atoms with Crippen molar-refractivity contribution in [2.45, 2.75) is 84.1 Å². The Hall–Kier alpha value is -0.570. The van der Waals surface area contributed by atoms with Crippen molar-refractivity contribution in [1.29, 1.82) is 0 Å². The minimum atomic E-state index is 0.247. The molecule has 1 atom stereocenters. The van der Waals surface area contributed by atoms with Gasteiger partial charge in [-0.2, -0.15) is 0 Å². The van der Waals surface area contributed by atoms with E-state index in [4.69, 9.17) is 0 Å². The third-order valence-electron chi connectivity index (χ3n) is 3.98. The molecular weight excluding hydrogens is 248 g/mol. The van der Waals surface area contributed by atoms with Gasteiger partial charge in [-0.05, 0) is 25.2 Å². The number of amides is 1. The first kappa shape index (κ1) is 17.5. The third kappa shape index (κ3) is 11.3. The molecule has 3 heteroatoms. The van der Waals surface area contributed by atoms with Gasteiger partial charge in [0.25, 0.3) is 0 Å². The molecule has 1 fully saturated rings. The largest absolute Gasteiger partial charge is 0.356 e. The molecule has 0 saturated carbocycles. The summed E-state index contributed by atoms with van der Waals surface area (Å²) < 4.78 is 0. The van der Waals surface area contributed by atoms with Crippen molar-refractivity contribution in [3.63, 3.8) is 0 Å². The molecule has 0 aromatic rings. The predicted molar refractivity (Wildman–Crippen MR) is 85.8 cm³/mol. The number of hydrogen-bond donors (Lipinski definition) is 2. The molecule has 1 amide bonds. The lowest BCUT2D eigenvalue weighted by Gasteiger charge is -2.06.